The van der Waals surface area contributed by atoms with Crippen LogP contribution in [0.15, 0.2) is 53.4 Å². The summed E-state index contributed by atoms with van der Waals surface area (Å²) in [7, 11) is -2.50. The fourth-order valence-corrected chi connectivity index (χ4v) is 3.08. The minimum Gasteiger partial charge on any atom is -0.478 e. The minimum absolute atomic E-state index is 0.0864. The molecule has 0 aliphatic heterocycles. The maximum Gasteiger partial charge on any atom is 0.335 e. The van der Waals surface area contributed by atoms with Crippen LogP contribution in [0.2, 0.25) is 0 Å². The van der Waals surface area contributed by atoms with Crippen LogP contribution in [0, 0.1) is 0 Å². The first-order valence-corrected chi connectivity index (χ1v) is 8.46. The van der Waals surface area contributed by atoms with Gasteiger partial charge in [-0.25, -0.2) is 17.9 Å². The second kappa shape index (κ2) is 6.80. The van der Waals surface area contributed by atoms with Crippen molar-refractivity contribution in [2.75, 3.05) is 12.4 Å². The molecule has 0 aliphatic rings. The minimum atomic E-state index is -3.79. The van der Waals surface area contributed by atoms with Gasteiger partial charge < -0.3 is 10.4 Å². The Kier molecular flexibility index (Phi) is 5.02. The molecular formula is C16H18N2O4S. The van der Waals surface area contributed by atoms with Crippen LogP contribution in [-0.2, 0) is 10.0 Å². The van der Waals surface area contributed by atoms with Gasteiger partial charge in [0.05, 0.1) is 11.3 Å². The lowest BCUT2D eigenvalue weighted by atomic mass is 10.1. The molecule has 0 saturated heterocycles. The molecule has 3 N–H and O–H groups in total. The van der Waals surface area contributed by atoms with Gasteiger partial charge in [0, 0.05) is 6.04 Å². The van der Waals surface area contributed by atoms with E-state index in [0.717, 1.165) is 11.6 Å². The summed E-state index contributed by atoms with van der Waals surface area (Å²) >= 11 is 0. The predicted molar refractivity (Wildman–Crippen MR) is 88.1 cm³/mol. The Balaban J connectivity index is 2.44. The molecule has 6 nitrogen and oxygen atoms in total. The average molecular weight is 334 g/mol. The largest absolute Gasteiger partial charge is 0.478 e. The van der Waals surface area contributed by atoms with Crippen LogP contribution in [0.3, 0.4) is 0 Å². The number of nitrogens with one attached hydrogen (secondary N) is 2. The third-order valence-corrected chi connectivity index (χ3v) is 4.91. The standard InChI is InChI=1S/C16H18N2O4S/c1-11(12-6-4-3-5-7-12)18-14-9-8-13(16(19)20)10-15(14)23(21,22)17-2/h3-11,17-18H,1-2H3,(H,19,20)/t11-/m1/s1. The third-order valence-electron chi connectivity index (χ3n) is 3.46. The van der Waals surface area contributed by atoms with Crippen molar-refractivity contribution in [2.45, 2.75) is 17.9 Å². The number of carbonyl (C=O) groups is 1. The lowest BCUT2D eigenvalue weighted by Crippen LogP contribution is -2.21. The second-order valence-corrected chi connectivity index (χ2v) is 6.86. The lowest BCUT2D eigenvalue weighted by Gasteiger charge is -2.18. The molecule has 122 valence electrons. The second-order valence-electron chi connectivity index (χ2n) is 5.00. The van der Waals surface area contributed by atoms with Gasteiger partial charge in [-0.05, 0) is 37.7 Å². The molecule has 0 fully saturated rings. The molecule has 2 rings (SSSR count). The van der Waals surface area contributed by atoms with Crippen molar-refractivity contribution in [3.05, 3.63) is 59.7 Å². The number of hydrogen-bond acceptors (Lipinski definition) is 4. The van der Waals surface area contributed by atoms with Crippen LogP contribution in [-0.4, -0.2) is 26.5 Å². The molecule has 0 amide bonds. The molecular weight excluding hydrogens is 316 g/mol. The highest BCUT2D eigenvalue weighted by atomic mass is 32.2. The van der Waals surface area contributed by atoms with E-state index < -0.39 is 16.0 Å². The van der Waals surface area contributed by atoms with Crippen LogP contribution < -0.4 is 10.0 Å². The zero-order valence-corrected chi connectivity index (χ0v) is 13.6. The fourth-order valence-electron chi connectivity index (χ4n) is 2.17. The van der Waals surface area contributed by atoms with E-state index in [1.165, 1.54) is 19.2 Å². The molecule has 1 atom stereocenters. The monoisotopic (exact) mass is 334 g/mol. The van der Waals surface area contributed by atoms with Gasteiger partial charge in [-0.3, -0.25) is 0 Å². The Bertz CT molecular complexity index is 804. The van der Waals surface area contributed by atoms with Crippen LogP contribution in [0.4, 0.5) is 5.69 Å². The van der Waals surface area contributed by atoms with Gasteiger partial charge in [0.2, 0.25) is 10.0 Å². The summed E-state index contributed by atoms with van der Waals surface area (Å²) in [5.74, 6) is -1.18. The number of carboxylic acid groups (broad SMARTS) is 1. The highest BCUT2D eigenvalue weighted by Crippen LogP contribution is 2.27. The van der Waals surface area contributed by atoms with Crippen molar-refractivity contribution < 1.29 is 18.3 Å². The number of hydrogen-bond donors (Lipinski definition) is 3. The maximum absolute atomic E-state index is 12.2. The van der Waals surface area contributed by atoms with E-state index in [2.05, 4.69) is 10.0 Å². The molecule has 0 aliphatic carbocycles. The number of benzene rings is 2. The smallest absolute Gasteiger partial charge is 0.335 e. The van der Waals surface area contributed by atoms with E-state index in [9.17, 15) is 13.2 Å². The van der Waals surface area contributed by atoms with Gasteiger partial charge in [-0.2, -0.15) is 0 Å². The van der Waals surface area contributed by atoms with Gasteiger partial charge in [0.1, 0.15) is 4.90 Å². The number of aromatic carboxylic acids is 1. The molecule has 23 heavy (non-hydrogen) atoms. The van der Waals surface area contributed by atoms with E-state index in [-0.39, 0.29) is 16.5 Å². The quantitative estimate of drug-likeness (QED) is 0.754. The Morgan fingerprint density at radius 3 is 2.35 bits per heavy atom. The van der Waals surface area contributed by atoms with Gasteiger partial charge in [-0.15, -0.1) is 0 Å². The molecule has 0 radical (unpaired) electrons. The van der Waals surface area contributed by atoms with E-state index in [1.807, 2.05) is 37.3 Å². The predicted octanol–water partition coefficient (Wildman–Crippen LogP) is 2.47. The Morgan fingerprint density at radius 1 is 1.13 bits per heavy atom. The summed E-state index contributed by atoms with van der Waals surface area (Å²) in [5, 5.41) is 12.2. The molecule has 0 aromatic heterocycles. The first-order chi connectivity index (χ1) is 10.8. The van der Waals surface area contributed by atoms with Gasteiger partial charge >= 0.3 is 5.97 Å². The summed E-state index contributed by atoms with van der Waals surface area (Å²) in [6.07, 6.45) is 0. The molecule has 7 heteroatoms. The van der Waals surface area contributed by atoms with Crippen molar-refractivity contribution in [3.8, 4) is 0 Å². The Labute approximate surface area is 135 Å². The fraction of sp³-hybridized carbons (Fsp3) is 0.188. The maximum atomic E-state index is 12.2. The van der Waals surface area contributed by atoms with Crippen LogP contribution in [0.25, 0.3) is 0 Å². The van der Waals surface area contributed by atoms with Crippen molar-refractivity contribution in [1.82, 2.24) is 4.72 Å². The summed E-state index contributed by atoms with van der Waals surface area (Å²) in [4.78, 5) is 11.0. The van der Waals surface area contributed by atoms with E-state index in [0.29, 0.717) is 5.69 Å². The molecule has 0 spiro atoms. The first-order valence-electron chi connectivity index (χ1n) is 6.97. The Hall–Kier alpha value is -2.38. The summed E-state index contributed by atoms with van der Waals surface area (Å²) in [5.41, 5.74) is 1.25. The normalized spacial score (nSPS) is 12.6. The van der Waals surface area contributed by atoms with Gasteiger partial charge in [0.25, 0.3) is 0 Å². The van der Waals surface area contributed by atoms with E-state index in [4.69, 9.17) is 5.11 Å². The average Bonchev–Trinajstić information content (AvgIpc) is 2.55. The van der Waals surface area contributed by atoms with Crippen LogP contribution in [0.5, 0.6) is 0 Å². The number of carboxylic acids is 1. The van der Waals surface area contributed by atoms with Crippen molar-refractivity contribution >= 4 is 21.7 Å². The first kappa shape index (κ1) is 17.0. The highest BCUT2D eigenvalue weighted by Gasteiger charge is 2.20. The SMILES string of the molecule is CNS(=O)(=O)c1cc(C(=O)O)ccc1N[C@H](C)c1ccccc1. The van der Waals surface area contributed by atoms with Crippen molar-refractivity contribution in [1.29, 1.82) is 0 Å². The molecule has 0 bridgehead atoms. The van der Waals surface area contributed by atoms with Crippen LogP contribution in [0.1, 0.15) is 28.9 Å². The topological polar surface area (TPSA) is 95.5 Å². The van der Waals surface area contributed by atoms with Gasteiger partial charge in [0.15, 0.2) is 0 Å². The zero-order valence-electron chi connectivity index (χ0n) is 12.8. The Morgan fingerprint density at radius 2 is 1.78 bits per heavy atom. The molecule has 0 heterocycles. The van der Waals surface area contributed by atoms with E-state index in [1.54, 1.807) is 0 Å². The molecule has 0 unspecified atom stereocenters. The van der Waals surface area contributed by atoms with Crippen molar-refractivity contribution in [2.24, 2.45) is 0 Å². The summed E-state index contributed by atoms with van der Waals surface area (Å²) in [6.45, 7) is 1.90. The number of rotatable bonds is 6. The molecule has 2 aromatic rings. The number of sulfonamides is 1. The van der Waals surface area contributed by atoms with E-state index >= 15 is 0 Å². The van der Waals surface area contributed by atoms with Crippen molar-refractivity contribution in [3.63, 3.8) is 0 Å². The summed E-state index contributed by atoms with van der Waals surface area (Å²) in [6, 6.07) is 13.4. The lowest BCUT2D eigenvalue weighted by molar-refractivity contribution is 0.0696. The molecule has 2 aromatic carbocycles. The molecule has 0 saturated carbocycles. The van der Waals surface area contributed by atoms with Crippen LogP contribution >= 0.6 is 0 Å². The van der Waals surface area contributed by atoms with Gasteiger partial charge in [-0.1, -0.05) is 30.3 Å². The summed E-state index contributed by atoms with van der Waals surface area (Å²) < 4.78 is 26.6. The third kappa shape index (κ3) is 3.88. The number of anilines is 1. The zero-order chi connectivity index (χ0) is 17.0. The highest BCUT2D eigenvalue weighted by molar-refractivity contribution is 7.89.